The van der Waals surface area contributed by atoms with Crippen LogP contribution in [0.3, 0.4) is 0 Å². The molecule has 1 aromatic carbocycles. The van der Waals surface area contributed by atoms with E-state index < -0.39 is 12.2 Å². The largest absolute Gasteiger partial charge is 0.504 e. The third kappa shape index (κ3) is 11.5. The molecule has 0 amide bonds. The number of aliphatic imine (C=N–C) groups is 1. The van der Waals surface area contributed by atoms with Crippen molar-refractivity contribution in [1.82, 2.24) is 5.32 Å². The molecule has 0 saturated heterocycles. The lowest BCUT2D eigenvalue weighted by molar-refractivity contribution is -0.0552. The van der Waals surface area contributed by atoms with Crippen molar-refractivity contribution in [2.24, 2.45) is 28.5 Å². The molecule has 2 saturated carbocycles. The van der Waals surface area contributed by atoms with Gasteiger partial charge in [0.25, 0.3) is 0 Å². The molecule has 10 nitrogen and oxygen atoms in total. The Balaban J connectivity index is 1.08. The molecule has 1 aromatic rings. The molecule has 0 spiro atoms. The van der Waals surface area contributed by atoms with Gasteiger partial charge in [0.2, 0.25) is 5.70 Å². The lowest BCUT2D eigenvalue weighted by Crippen LogP contribution is -2.36. The normalized spacial score (nSPS) is 24.8. The van der Waals surface area contributed by atoms with Crippen LogP contribution in [-0.2, 0) is 6.42 Å². The van der Waals surface area contributed by atoms with Crippen LogP contribution in [-0.4, -0.2) is 93.2 Å². The van der Waals surface area contributed by atoms with Gasteiger partial charge in [-0.1, -0.05) is 38.2 Å². The second-order valence-electron chi connectivity index (χ2n) is 15.4. The minimum absolute atomic E-state index is 0.0137. The Morgan fingerprint density at radius 2 is 1.92 bits per heavy atom. The van der Waals surface area contributed by atoms with E-state index >= 15 is 0 Å². The van der Waals surface area contributed by atoms with E-state index in [0.717, 1.165) is 100 Å². The Kier molecular flexibility index (Phi) is 15.6. The fourth-order valence-corrected chi connectivity index (χ4v) is 8.52. The molecular weight excluding hydrogens is 646 g/mol. The maximum atomic E-state index is 11.2. The molecule has 1 unspecified atom stereocenters. The summed E-state index contributed by atoms with van der Waals surface area (Å²) in [6.07, 6.45) is 19.0. The van der Waals surface area contributed by atoms with E-state index in [1.165, 1.54) is 25.2 Å². The highest BCUT2D eigenvalue weighted by atomic mass is 16.5. The van der Waals surface area contributed by atoms with Crippen LogP contribution in [0.25, 0.3) is 0 Å². The van der Waals surface area contributed by atoms with E-state index in [-0.39, 0.29) is 37.7 Å². The summed E-state index contributed by atoms with van der Waals surface area (Å²) in [4.78, 5) is 4.91. The second kappa shape index (κ2) is 20.0. The molecule has 7 atom stereocenters. The van der Waals surface area contributed by atoms with E-state index in [9.17, 15) is 20.4 Å². The number of allylic oxidation sites excluding steroid dienone is 1. The molecular formula is C41H64N3O7+. The number of benzene rings is 1. The quantitative estimate of drug-likeness (QED) is 0.0521. The number of aliphatic hydroxyl groups excluding tert-OH is 4. The number of rotatable bonds is 22. The molecule has 5 rings (SSSR count). The standard InChI is InChI=1S/C41H63N3O7/c1-27(47)23-43-24-35-33-11-6-8-29(33)15-17-36-34(35)22-37(44-36)39(49)26-50-41-20-28(14-18-38(41)48)13-16-32-21-30(25-46)40(51-32)12-5-3-2-4-9-31(42)10-7-19-45/h14,18,20-22,27,29,31,33,35,39-40,43,45-47,49,51H,2-13,15-17,19,23-26,42H2,1H3/p+1/t27-,29+,31-,33-,35-,39-,40?/m0/s1. The zero-order valence-electron chi connectivity index (χ0n) is 30.7. The Morgan fingerprint density at radius 3 is 2.73 bits per heavy atom. The van der Waals surface area contributed by atoms with Crippen molar-refractivity contribution in [3.63, 3.8) is 0 Å². The first-order valence-corrected chi connectivity index (χ1v) is 19.7. The van der Waals surface area contributed by atoms with E-state index in [1.54, 1.807) is 13.0 Å². The van der Waals surface area contributed by atoms with Gasteiger partial charge in [-0.2, -0.15) is 0 Å². The fourth-order valence-electron chi connectivity index (χ4n) is 8.52. The molecule has 0 aromatic heterocycles. The second-order valence-corrected chi connectivity index (χ2v) is 15.4. The molecule has 2 heterocycles. The van der Waals surface area contributed by atoms with Crippen LogP contribution >= 0.6 is 0 Å². The molecule has 284 valence electrons. The lowest BCUT2D eigenvalue weighted by atomic mass is 9.77. The third-order valence-corrected chi connectivity index (χ3v) is 11.3. The molecule has 2 aliphatic heterocycles. The number of aryl methyl sites for hydroxylation is 1. The fraction of sp³-hybridized carbons (Fsp3) is 0.683. The number of unbranched alkanes of at least 4 members (excludes halogenated alkanes) is 3. The molecule has 9 N–H and O–H groups in total. The minimum atomic E-state index is -0.924. The van der Waals surface area contributed by atoms with Crippen LogP contribution < -0.4 is 15.8 Å². The van der Waals surface area contributed by atoms with Crippen molar-refractivity contribution in [2.45, 2.75) is 128 Å². The number of nitrogens with two attached hydrogens (primary N) is 1. The highest BCUT2D eigenvalue weighted by Gasteiger charge is 2.49. The van der Waals surface area contributed by atoms with Crippen molar-refractivity contribution in [2.75, 3.05) is 32.9 Å². The van der Waals surface area contributed by atoms with Gasteiger partial charge < -0.3 is 46.1 Å². The highest BCUT2D eigenvalue weighted by Crippen LogP contribution is 2.48. The van der Waals surface area contributed by atoms with Crippen LogP contribution in [0.5, 0.6) is 11.5 Å². The summed E-state index contributed by atoms with van der Waals surface area (Å²) in [5, 5.41) is 54.0. The van der Waals surface area contributed by atoms with Crippen LogP contribution in [0, 0.1) is 29.8 Å². The van der Waals surface area contributed by atoms with Gasteiger partial charge in [0, 0.05) is 45.2 Å². The van der Waals surface area contributed by atoms with E-state index in [2.05, 4.69) is 11.4 Å². The maximum absolute atomic E-state index is 11.2. The molecule has 4 aliphatic rings. The van der Waals surface area contributed by atoms with Gasteiger partial charge >= 0.3 is 0 Å². The first-order valence-electron chi connectivity index (χ1n) is 19.7. The number of aromatic hydroxyl groups is 1. The molecule has 51 heavy (non-hydrogen) atoms. The Morgan fingerprint density at radius 1 is 1.10 bits per heavy atom. The van der Waals surface area contributed by atoms with Crippen LogP contribution in [0.4, 0.5) is 0 Å². The number of ether oxygens (including phenoxy) is 2. The Labute approximate surface area is 305 Å². The summed E-state index contributed by atoms with van der Waals surface area (Å²) in [6, 6.07) is 5.53. The first-order chi connectivity index (χ1) is 24.7. The predicted molar refractivity (Wildman–Crippen MR) is 201 cm³/mol. The Hall–Kier alpha value is -2.57. The summed E-state index contributed by atoms with van der Waals surface area (Å²) in [7, 11) is 0. The number of nitrogens with one attached hydrogen (secondary N) is 1. The maximum Gasteiger partial charge on any atom is 0.208 e. The van der Waals surface area contributed by atoms with Gasteiger partial charge in [0.05, 0.1) is 18.1 Å². The monoisotopic (exact) mass is 710 g/mol. The number of phenolic OH excluding ortho intramolecular Hbond substituents is 1. The summed E-state index contributed by atoms with van der Waals surface area (Å²) in [5.74, 6) is 3.21. The summed E-state index contributed by atoms with van der Waals surface area (Å²) in [5.41, 5.74) is 9.78. The van der Waals surface area contributed by atoms with Gasteiger partial charge in [0.15, 0.2) is 17.6 Å². The van der Waals surface area contributed by atoms with Crippen LogP contribution in [0.15, 0.2) is 46.6 Å². The van der Waals surface area contributed by atoms with Gasteiger partial charge in [-0.25, -0.2) is 0 Å². The summed E-state index contributed by atoms with van der Waals surface area (Å²) in [6.45, 7) is 3.36. The van der Waals surface area contributed by atoms with E-state index in [0.29, 0.717) is 42.2 Å². The van der Waals surface area contributed by atoms with Crippen molar-refractivity contribution < 1.29 is 35.0 Å². The van der Waals surface area contributed by atoms with Crippen LogP contribution in [0.2, 0.25) is 0 Å². The van der Waals surface area contributed by atoms with Crippen molar-refractivity contribution in [3.05, 3.63) is 59.2 Å². The molecule has 0 radical (unpaired) electrons. The first kappa shape index (κ1) is 39.6. The van der Waals surface area contributed by atoms with Crippen molar-refractivity contribution in [1.29, 1.82) is 0 Å². The zero-order valence-corrected chi connectivity index (χ0v) is 30.7. The number of fused-ring (bicyclic) bond motifs is 2. The molecule has 2 fully saturated rings. The van der Waals surface area contributed by atoms with Gasteiger partial charge in [-0.15, -0.1) is 16.6 Å². The smallest absolute Gasteiger partial charge is 0.208 e. The molecule has 10 heteroatoms. The van der Waals surface area contributed by atoms with E-state index in [1.807, 2.05) is 18.2 Å². The number of aliphatic hydroxyl groups is 6. The summed E-state index contributed by atoms with van der Waals surface area (Å²) >= 11 is 0. The van der Waals surface area contributed by atoms with Gasteiger partial charge in [-0.3, -0.25) is 0 Å². The Bertz CT molecular complexity index is 1320. The van der Waals surface area contributed by atoms with Crippen LogP contribution in [0.1, 0.15) is 102 Å². The van der Waals surface area contributed by atoms with Gasteiger partial charge in [0.1, 0.15) is 30.4 Å². The summed E-state index contributed by atoms with van der Waals surface area (Å²) < 4.78 is 10.9. The SMILES string of the molecule is C[C@H](O)CNC[C@@H]1[C+]2C=C([C@@H](O)COc3cc(CC[C-]4C=C(CO)C(CCCCCC[C@H](N)CCCO)[OH+]4)ccc3O)N=C2CC[C@H]2CCC[C@@H]21. The average Bonchev–Trinajstić information content (AvgIpc) is 3.85. The topological polar surface area (TPSA) is 174 Å². The number of nitrogens with zero attached hydrogens (tertiary/aromatic N) is 1. The highest BCUT2D eigenvalue weighted by molar-refractivity contribution is 6.03. The lowest BCUT2D eigenvalue weighted by Gasteiger charge is -2.26. The molecule has 2 aliphatic carbocycles. The number of hydrogen-bond acceptors (Lipinski definition) is 9. The predicted octanol–water partition coefficient (Wildman–Crippen LogP) is 4.58. The van der Waals surface area contributed by atoms with Crippen molar-refractivity contribution in [3.8, 4) is 11.5 Å². The third-order valence-electron chi connectivity index (χ3n) is 11.3. The average molecular weight is 711 g/mol. The zero-order chi connectivity index (χ0) is 36.2. The number of hydrogen-bond donors (Lipinski definition) is 7. The van der Waals surface area contributed by atoms with Crippen molar-refractivity contribution >= 4 is 5.71 Å². The van der Waals surface area contributed by atoms with Gasteiger partial charge in [-0.05, 0) is 87.8 Å². The molecule has 0 bridgehead atoms. The number of phenols is 1. The minimum Gasteiger partial charge on any atom is -0.504 e. The van der Waals surface area contributed by atoms with E-state index in [4.69, 9.17) is 25.3 Å².